The maximum absolute atomic E-state index is 11.0. The zero-order chi connectivity index (χ0) is 12.4. The topological polar surface area (TPSA) is 81.6 Å². The first-order chi connectivity index (χ1) is 8.04. The minimum Gasteiger partial charge on any atom is -0.508 e. The van der Waals surface area contributed by atoms with Crippen molar-refractivity contribution in [1.82, 2.24) is 10.6 Å². The van der Waals surface area contributed by atoms with Crippen molar-refractivity contribution in [3.8, 4) is 11.5 Å². The van der Waals surface area contributed by atoms with Crippen molar-refractivity contribution in [3.05, 3.63) is 23.8 Å². The quantitative estimate of drug-likeness (QED) is 0.620. The van der Waals surface area contributed by atoms with Gasteiger partial charge in [0.15, 0.2) is 0 Å². The molecule has 1 heterocycles. The van der Waals surface area contributed by atoms with Gasteiger partial charge in [-0.05, 0) is 24.6 Å². The molecule has 5 heteroatoms. The number of carbonyl (C=O) groups is 1. The first-order valence-electron chi connectivity index (χ1n) is 5.60. The second-order valence-electron chi connectivity index (χ2n) is 4.38. The molecule has 0 spiro atoms. The van der Waals surface area contributed by atoms with Gasteiger partial charge in [-0.15, -0.1) is 0 Å². The lowest BCUT2D eigenvalue weighted by Gasteiger charge is -2.18. The van der Waals surface area contributed by atoms with E-state index in [0.29, 0.717) is 13.0 Å². The van der Waals surface area contributed by atoms with Gasteiger partial charge in [0.05, 0.1) is 0 Å². The van der Waals surface area contributed by atoms with Gasteiger partial charge in [0.1, 0.15) is 11.5 Å². The Morgan fingerprint density at radius 3 is 2.53 bits per heavy atom. The summed E-state index contributed by atoms with van der Waals surface area (Å²) in [5.41, 5.74) is 0.793. The molecule has 0 saturated carbocycles. The number of aromatic hydroxyl groups is 2. The molecule has 1 aliphatic rings. The number of phenols is 2. The summed E-state index contributed by atoms with van der Waals surface area (Å²) in [7, 11) is 0. The third kappa shape index (κ3) is 2.88. The molecule has 2 unspecified atom stereocenters. The molecule has 1 aliphatic heterocycles. The van der Waals surface area contributed by atoms with E-state index in [2.05, 4.69) is 10.6 Å². The lowest BCUT2D eigenvalue weighted by Crippen LogP contribution is -2.33. The van der Waals surface area contributed by atoms with Crippen LogP contribution in [0, 0.1) is 0 Å². The Hall–Kier alpha value is -1.75. The molecular weight excluding hydrogens is 220 g/mol. The lowest BCUT2D eigenvalue weighted by molar-refractivity contribution is -0.119. The van der Waals surface area contributed by atoms with E-state index in [-0.39, 0.29) is 29.5 Å². The highest BCUT2D eigenvalue weighted by Gasteiger charge is 2.23. The first-order valence-corrected chi connectivity index (χ1v) is 5.60. The molecule has 4 N–H and O–H groups in total. The molecule has 17 heavy (non-hydrogen) atoms. The molecular formula is C12H16N2O3. The molecule has 2 atom stereocenters. The predicted octanol–water partition coefficient (Wildman–Crippen LogP) is 0.637. The van der Waals surface area contributed by atoms with Gasteiger partial charge >= 0.3 is 0 Å². The second-order valence-corrected chi connectivity index (χ2v) is 4.38. The smallest absolute Gasteiger partial charge is 0.221 e. The van der Waals surface area contributed by atoms with E-state index < -0.39 is 0 Å². The molecule has 1 aromatic carbocycles. The fraction of sp³-hybridized carbons (Fsp3) is 0.417. The molecule has 0 aromatic heterocycles. The van der Waals surface area contributed by atoms with Crippen molar-refractivity contribution in [2.75, 3.05) is 6.54 Å². The van der Waals surface area contributed by atoms with Crippen molar-refractivity contribution < 1.29 is 15.0 Å². The minimum atomic E-state index is -0.0364. The fourth-order valence-electron chi connectivity index (χ4n) is 2.04. The third-order valence-corrected chi connectivity index (χ3v) is 2.89. The first kappa shape index (κ1) is 11.7. The molecule has 0 radical (unpaired) electrons. The Kier molecular flexibility index (Phi) is 3.19. The number of nitrogens with one attached hydrogen (secondary N) is 2. The van der Waals surface area contributed by atoms with Crippen LogP contribution in [0.4, 0.5) is 0 Å². The molecule has 1 amide bonds. The van der Waals surface area contributed by atoms with Crippen LogP contribution in [0.3, 0.4) is 0 Å². The Morgan fingerprint density at radius 2 is 2.00 bits per heavy atom. The predicted molar refractivity (Wildman–Crippen MR) is 62.7 cm³/mol. The molecule has 92 valence electrons. The zero-order valence-electron chi connectivity index (χ0n) is 9.60. The van der Waals surface area contributed by atoms with Gasteiger partial charge in [0.25, 0.3) is 0 Å². The minimum absolute atomic E-state index is 0.0364. The summed E-state index contributed by atoms with van der Waals surface area (Å²) in [4.78, 5) is 11.0. The summed E-state index contributed by atoms with van der Waals surface area (Å²) < 4.78 is 0. The largest absolute Gasteiger partial charge is 0.508 e. The zero-order valence-corrected chi connectivity index (χ0v) is 9.60. The number of hydrogen-bond donors (Lipinski definition) is 4. The molecule has 0 bridgehead atoms. The molecule has 0 aliphatic carbocycles. The van der Waals surface area contributed by atoms with Crippen molar-refractivity contribution in [2.45, 2.75) is 25.4 Å². The number of hydrogen-bond acceptors (Lipinski definition) is 4. The number of amides is 1. The molecule has 1 aromatic rings. The Balaban J connectivity index is 2.03. The Bertz CT molecular complexity index is 414. The van der Waals surface area contributed by atoms with Crippen LogP contribution >= 0.6 is 0 Å². The van der Waals surface area contributed by atoms with Gasteiger partial charge in [-0.25, -0.2) is 0 Å². The monoisotopic (exact) mass is 236 g/mol. The molecule has 5 nitrogen and oxygen atoms in total. The van der Waals surface area contributed by atoms with Crippen LogP contribution in [0.15, 0.2) is 18.2 Å². The average Bonchev–Trinajstić information content (AvgIpc) is 2.62. The van der Waals surface area contributed by atoms with Gasteiger partial charge in [-0.1, -0.05) is 0 Å². The highest BCUT2D eigenvalue weighted by molar-refractivity contribution is 5.78. The van der Waals surface area contributed by atoms with Gasteiger partial charge in [0, 0.05) is 31.1 Å². The fourth-order valence-corrected chi connectivity index (χ4v) is 2.04. The normalized spacial score (nSPS) is 21.2. The van der Waals surface area contributed by atoms with E-state index in [9.17, 15) is 15.0 Å². The van der Waals surface area contributed by atoms with Crippen molar-refractivity contribution in [2.24, 2.45) is 0 Å². The molecule has 1 fully saturated rings. The summed E-state index contributed by atoms with van der Waals surface area (Å²) >= 11 is 0. The van der Waals surface area contributed by atoms with Crippen LogP contribution in [-0.2, 0) is 4.79 Å². The van der Waals surface area contributed by atoms with Crippen LogP contribution in [0.1, 0.15) is 24.9 Å². The number of phenolic OH excluding ortho intramolecular Hbond substituents is 2. The number of rotatable bonds is 3. The SMILES string of the molecule is CC(NC1CNC(=O)C1)c1cc(O)cc(O)c1. The molecule has 1 saturated heterocycles. The number of carbonyl (C=O) groups excluding carboxylic acids is 1. The van der Waals surface area contributed by atoms with Gasteiger partial charge < -0.3 is 20.8 Å². The highest BCUT2D eigenvalue weighted by atomic mass is 16.3. The maximum atomic E-state index is 11.0. The highest BCUT2D eigenvalue weighted by Crippen LogP contribution is 2.25. The Labute approximate surface area is 99.5 Å². The van der Waals surface area contributed by atoms with E-state index in [0.717, 1.165) is 5.56 Å². The lowest BCUT2D eigenvalue weighted by atomic mass is 10.1. The summed E-state index contributed by atoms with van der Waals surface area (Å²) in [5, 5.41) is 24.8. The number of benzene rings is 1. The standard InChI is InChI=1S/C12H16N2O3/c1-7(14-9-4-12(17)13-6-9)8-2-10(15)5-11(16)3-8/h2-3,5,7,9,14-16H,4,6H2,1H3,(H,13,17). The van der Waals surface area contributed by atoms with Gasteiger partial charge in [0.2, 0.25) is 5.91 Å². The van der Waals surface area contributed by atoms with Crippen LogP contribution < -0.4 is 10.6 Å². The van der Waals surface area contributed by atoms with Crippen molar-refractivity contribution in [1.29, 1.82) is 0 Å². The van der Waals surface area contributed by atoms with E-state index in [4.69, 9.17) is 0 Å². The van der Waals surface area contributed by atoms with Crippen LogP contribution in [0.5, 0.6) is 11.5 Å². The van der Waals surface area contributed by atoms with E-state index in [1.54, 1.807) is 12.1 Å². The van der Waals surface area contributed by atoms with Crippen LogP contribution in [-0.4, -0.2) is 28.7 Å². The Morgan fingerprint density at radius 1 is 1.35 bits per heavy atom. The van der Waals surface area contributed by atoms with Crippen molar-refractivity contribution in [3.63, 3.8) is 0 Å². The summed E-state index contributed by atoms with van der Waals surface area (Å²) in [6.45, 7) is 2.55. The van der Waals surface area contributed by atoms with Gasteiger partial charge in [-0.2, -0.15) is 0 Å². The van der Waals surface area contributed by atoms with E-state index >= 15 is 0 Å². The van der Waals surface area contributed by atoms with Crippen LogP contribution in [0.2, 0.25) is 0 Å². The van der Waals surface area contributed by atoms with E-state index in [1.165, 1.54) is 6.07 Å². The summed E-state index contributed by atoms with van der Waals surface area (Å²) in [6.07, 6.45) is 0.467. The maximum Gasteiger partial charge on any atom is 0.221 e. The summed E-state index contributed by atoms with van der Waals surface area (Å²) in [5.74, 6) is 0.122. The molecule has 2 rings (SSSR count). The third-order valence-electron chi connectivity index (χ3n) is 2.89. The van der Waals surface area contributed by atoms with Gasteiger partial charge in [-0.3, -0.25) is 4.79 Å². The second kappa shape index (κ2) is 4.63. The van der Waals surface area contributed by atoms with E-state index in [1.807, 2.05) is 6.92 Å². The van der Waals surface area contributed by atoms with Crippen LogP contribution in [0.25, 0.3) is 0 Å². The summed E-state index contributed by atoms with van der Waals surface area (Å²) in [6, 6.07) is 4.55. The average molecular weight is 236 g/mol. The van der Waals surface area contributed by atoms with Crippen molar-refractivity contribution >= 4 is 5.91 Å².